The molecular weight excluding hydrogens is 483 g/mol. The Balaban J connectivity index is 1.75. The molecule has 0 bridgehead atoms. The SMILES string of the molecule is COC(=O)C(Cc1cnn(C(F)F)c1)N1CCc2c(-c3nn(C)c(=O)cc3OC)ccc(F)c2C1=O. The molecule has 10 nitrogen and oxygen atoms in total. The molecule has 4 rings (SSSR count). The maximum atomic E-state index is 15.0. The summed E-state index contributed by atoms with van der Waals surface area (Å²) >= 11 is 0. The van der Waals surface area contributed by atoms with Crippen LogP contribution in [0.5, 0.6) is 5.75 Å². The van der Waals surface area contributed by atoms with Crippen LogP contribution in [-0.2, 0) is 29.4 Å². The van der Waals surface area contributed by atoms with Crippen molar-refractivity contribution in [1.82, 2.24) is 24.5 Å². The van der Waals surface area contributed by atoms with Gasteiger partial charge in [-0.15, -0.1) is 0 Å². The van der Waals surface area contributed by atoms with Crippen LogP contribution in [0.4, 0.5) is 13.2 Å². The molecule has 1 aliphatic rings. The number of amides is 1. The zero-order valence-corrected chi connectivity index (χ0v) is 19.6. The molecule has 36 heavy (non-hydrogen) atoms. The van der Waals surface area contributed by atoms with Crippen molar-refractivity contribution in [2.24, 2.45) is 7.05 Å². The van der Waals surface area contributed by atoms with Gasteiger partial charge in [0, 0.05) is 37.8 Å². The van der Waals surface area contributed by atoms with Crippen molar-refractivity contribution < 1.29 is 32.2 Å². The van der Waals surface area contributed by atoms with Crippen LogP contribution in [0.15, 0.2) is 35.4 Å². The van der Waals surface area contributed by atoms with E-state index >= 15 is 4.39 Å². The zero-order valence-electron chi connectivity index (χ0n) is 19.6. The molecule has 190 valence electrons. The minimum atomic E-state index is -2.87. The molecular formula is C23H22F3N5O5. The molecule has 0 N–H and O–H groups in total. The van der Waals surface area contributed by atoms with Gasteiger partial charge < -0.3 is 14.4 Å². The lowest BCUT2D eigenvalue weighted by atomic mass is 9.90. The Kier molecular flexibility index (Phi) is 6.82. The van der Waals surface area contributed by atoms with Gasteiger partial charge in [-0.05, 0) is 29.7 Å². The van der Waals surface area contributed by atoms with Crippen molar-refractivity contribution in [3.05, 3.63) is 63.5 Å². The predicted molar refractivity (Wildman–Crippen MR) is 119 cm³/mol. The molecule has 13 heteroatoms. The van der Waals surface area contributed by atoms with Crippen LogP contribution in [0, 0.1) is 5.82 Å². The topological polar surface area (TPSA) is 109 Å². The van der Waals surface area contributed by atoms with Crippen LogP contribution in [0.3, 0.4) is 0 Å². The number of carbonyl (C=O) groups is 2. The van der Waals surface area contributed by atoms with Gasteiger partial charge in [-0.2, -0.15) is 19.0 Å². The standard InChI is InChI=1S/C23H22F3N5O5/c1-29-18(32)9-17(35-2)20(28-29)14-4-5-15(24)19-13(14)6-7-30(21(19)33)16(22(34)36-3)8-12-10-27-31(11-12)23(25)26/h4-5,9-11,16,23H,6-8H2,1-3H3. The summed E-state index contributed by atoms with van der Waals surface area (Å²) in [5.41, 5.74) is 0.603. The molecule has 0 saturated heterocycles. The Hall–Kier alpha value is -4.16. The quantitative estimate of drug-likeness (QED) is 0.452. The van der Waals surface area contributed by atoms with Gasteiger partial charge >= 0.3 is 12.5 Å². The number of halogens is 3. The maximum Gasteiger partial charge on any atom is 0.333 e. The smallest absolute Gasteiger partial charge is 0.333 e. The number of nitrogens with zero attached hydrogens (tertiary/aromatic N) is 5. The Bertz CT molecular complexity index is 1390. The van der Waals surface area contributed by atoms with Gasteiger partial charge in [-0.1, -0.05) is 0 Å². The normalized spacial score (nSPS) is 14.1. The van der Waals surface area contributed by atoms with E-state index < -0.39 is 35.8 Å². The van der Waals surface area contributed by atoms with E-state index in [9.17, 15) is 23.2 Å². The first-order chi connectivity index (χ1) is 17.2. The number of fused-ring (bicyclic) bond motifs is 1. The average molecular weight is 505 g/mol. The summed E-state index contributed by atoms with van der Waals surface area (Å²) in [5.74, 6) is -2.20. The van der Waals surface area contributed by atoms with Crippen LogP contribution in [0.2, 0.25) is 0 Å². The third kappa shape index (κ3) is 4.43. The Morgan fingerprint density at radius 1 is 1.22 bits per heavy atom. The van der Waals surface area contributed by atoms with Gasteiger partial charge in [0.25, 0.3) is 11.5 Å². The van der Waals surface area contributed by atoms with Crippen molar-refractivity contribution in [3.63, 3.8) is 0 Å². The molecule has 0 spiro atoms. The van der Waals surface area contributed by atoms with Gasteiger partial charge in [0.1, 0.15) is 17.6 Å². The maximum absolute atomic E-state index is 15.0. The number of aryl methyl sites for hydroxylation is 1. The summed E-state index contributed by atoms with van der Waals surface area (Å²) in [6, 6.07) is 2.59. The summed E-state index contributed by atoms with van der Waals surface area (Å²) < 4.78 is 52.5. The highest BCUT2D eigenvalue weighted by atomic mass is 19.3. The van der Waals surface area contributed by atoms with Crippen molar-refractivity contribution in [2.45, 2.75) is 25.4 Å². The van der Waals surface area contributed by atoms with E-state index in [0.29, 0.717) is 15.8 Å². The van der Waals surface area contributed by atoms with Crippen LogP contribution in [-0.4, -0.2) is 63.1 Å². The highest BCUT2D eigenvalue weighted by Crippen LogP contribution is 2.35. The lowest BCUT2D eigenvalue weighted by molar-refractivity contribution is -0.146. The van der Waals surface area contributed by atoms with Crippen molar-refractivity contribution in [3.8, 4) is 17.0 Å². The van der Waals surface area contributed by atoms with Gasteiger partial charge in [0.05, 0.1) is 26.0 Å². The second kappa shape index (κ2) is 9.84. The van der Waals surface area contributed by atoms with E-state index in [2.05, 4.69) is 10.2 Å². The fraction of sp³-hybridized carbons (Fsp3) is 0.348. The van der Waals surface area contributed by atoms with Crippen molar-refractivity contribution in [2.75, 3.05) is 20.8 Å². The molecule has 1 amide bonds. The predicted octanol–water partition coefficient (Wildman–Crippen LogP) is 1.97. The molecule has 1 aliphatic heterocycles. The lowest BCUT2D eigenvalue weighted by Gasteiger charge is -2.34. The molecule has 2 aromatic heterocycles. The Labute approximate surface area is 202 Å². The summed E-state index contributed by atoms with van der Waals surface area (Å²) in [7, 11) is 3.95. The van der Waals surface area contributed by atoms with Crippen LogP contribution < -0.4 is 10.3 Å². The molecule has 0 aliphatic carbocycles. The zero-order chi connectivity index (χ0) is 26.1. The first kappa shape index (κ1) is 24.9. The lowest BCUT2D eigenvalue weighted by Crippen LogP contribution is -2.50. The number of alkyl halides is 2. The Morgan fingerprint density at radius 3 is 2.61 bits per heavy atom. The van der Waals surface area contributed by atoms with E-state index in [1.807, 2.05) is 0 Å². The van der Waals surface area contributed by atoms with E-state index in [0.717, 1.165) is 29.0 Å². The first-order valence-electron chi connectivity index (χ1n) is 10.8. The Morgan fingerprint density at radius 2 is 1.97 bits per heavy atom. The third-order valence-corrected chi connectivity index (χ3v) is 6.00. The monoisotopic (exact) mass is 505 g/mol. The third-order valence-electron chi connectivity index (χ3n) is 6.00. The summed E-state index contributed by atoms with van der Waals surface area (Å²) in [4.78, 5) is 39.2. The molecule has 1 aromatic carbocycles. The number of aromatic nitrogens is 4. The minimum Gasteiger partial charge on any atom is -0.494 e. The fourth-order valence-corrected chi connectivity index (χ4v) is 4.24. The number of benzene rings is 1. The van der Waals surface area contributed by atoms with Gasteiger partial charge in [0.2, 0.25) is 0 Å². The number of ether oxygens (including phenoxy) is 2. The minimum absolute atomic E-state index is 0.0130. The van der Waals surface area contributed by atoms with Gasteiger partial charge in [-0.3, -0.25) is 9.59 Å². The molecule has 3 aromatic rings. The second-order valence-corrected chi connectivity index (χ2v) is 8.07. The number of carbonyl (C=O) groups excluding carboxylic acids is 2. The number of esters is 1. The van der Waals surface area contributed by atoms with Crippen molar-refractivity contribution in [1.29, 1.82) is 0 Å². The second-order valence-electron chi connectivity index (χ2n) is 8.07. The molecule has 0 radical (unpaired) electrons. The van der Waals surface area contributed by atoms with E-state index in [4.69, 9.17) is 9.47 Å². The van der Waals surface area contributed by atoms with Crippen LogP contribution in [0.25, 0.3) is 11.3 Å². The summed E-state index contributed by atoms with van der Waals surface area (Å²) in [5, 5.41) is 7.78. The van der Waals surface area contributed by atoms with E-state index in [-0.39, 0.29) is 42.0 Å². The number of hydrogen-bond donors (Lipinski definition) is 0. The molecule has 0 saturated carbocycles. The first-order valence-corrected chi connectivity index (χ1v) is 10.8. The number of hydrogen-bond acceptors (Lipinski definition) is 7. The molecule has 1 atom stereocenters. The van der Waals surface area contributed by atoms with Gasteiger partial charge in [-0.25, -0.2) is 18.5 Å². The summed E-state index contributed by atoms with van der Waals surface area (Å²) in [6.07, 6.45) is 2.23. The molecule has 3 heterocycles. The van der Waals surface area contributed by atoms with E-state index in [1.54, 1.807) is 0 Å². The highest BCUT2D eigenvalue weighted by molar-refractivity contribution is 6.01. The fourth-order valence-electron chi connectivity index (χ4n) is 4.24. The number of rotatable bonds is 7. The highest BCUT2D eigenvalue weighted by Gasteiger charge is 2.38. The van der Waals surface area contributed by atoms with Gasteiger partial charge in [0.15, 0.2) is 5.75 Å². The van der Waals surface area contributed by atoms with Crippen LogP contribution >= 0.6 is 0 Å². The summed E-state index contributed by atoms with van der Waals surface area (Å²) in [6.45, 7) is -2.85. The molecule has 1 unspecified atom stereocenters. The van der Waals surface area contributed by atoms with Crippen molar-refractivity contribution >= 4 is 11.9 Å². The number of methoxy groups -OCH3 is 2. The molecule has 0 fully saturated rings. The van der Waals surface area contributed by atoms with Crippen LogP contribution in [0.1, 0.15) is 28.0 Å². The van der Waals surface area contributed by atoms with E-state index in [1.165, 1.54) is 32.5 Å². The average Bonchev–Trinajstić information content (AvgIpc) is 3.33. The largest absolute Gasteiger partial charge is 0.494 e.